The van der Waals surface area contributed by atoms with Crippen LogP contribution in [0, 0.1) is 4.78 Å². The quantitative estimate of drug-likeness (QED) is 0.610. The third kappa shape index (κ3) is 1.86. The highest BCUT2D eigenvalue weighted by molar-refractivity contribution is 7.73. The second-order valence-corrected chi connectivity index (χ2v) is 4.06. The molecule has 1 heterocycles. The number of nitrogens with one attached hydrogen (secondary N) is 1. The first kappa shape index (κ1) is 9.28. The van der Waals surface area contributed by atoms with Gasteiger partial charge in [0.05, 0.1) is 22.5 Å². The topological polar surface area (TPSA) is 74.3 Å². The molecule has 1 aromatic rings. The summed E-state index contributed by atoms with van der Waals surface area (Å²) in [5, 5.41) is 9.57. The van der Waals surface area contributed by atoms with Crippen LogP contribution in [0.25, 0.3) is 0 Å². The van der Waals surface area contributed by atoms with Crippen LogP contribution >= 0.6 is 0 Å². The normalized spacial score (nSPS) is 14.6. The molecule has 1 atom stereocenters. The van der Waals surface area contributed by atoms with E-state index < -0.39 is 16.2 Å². The average molecular weight is 189 g/mol. The molecule has 0 aliphatic rings. The van der Waals surface area contributed by atoms with E-state index >= 15 is 0 Å². The fraction of sp³-hybridized carbons (Fsp3) is 0.429. The Morgan fingerprint density at radius 3 is 2.50 bits per heavy atom. The largest absolute Gasteiger partial charge is 0.455 e. The molecule has 5 heteroatoms. The van der Waals surface area contributed by atoms with E-state index in [1.54, 1.807) is 13.8 Å². The first-order valence-electron chi connectivity index (χ1n) is 3.41. The van der Waals surface area contributed by atoms with Crippen LogP contribution in [0.4, 0.5) is 0 Å². The summed E-state index contributed by atoms with van der Waals surface area (Å²) in [6.07, 6.45) is 1.32. The molecule has 12 heavy (non-hydrogen) atoms. The molecule has 1 unspecified atom stereocenters. The molecule has 0 aromatic carbocycles. The van der Waals surface area contributed by atoms with Crippen LogP contribution in [0.1, 0.15) is 19.4 Å². The zero-order chi connectivity index (χ0) is 9.35. The van der Waals surface area contributed by atoms with E-state index in [1.807, 2.05) is 0 Å². The van der Waals surface area contributed by atoms with Gasteiger partial charge in [0.15, 0.2) is 5.09 Å². The van der Waals surface area contributed by atoms with Crippen LogP contribution in [0.5, 0.6) is 0 Å². The summed E-state index contributed by atoms with van der Waals surface area (Å²) in [6, 6.07) is 1.44. The Kier molecular flexibility index (Phi) is 2.25. The molecule has 0 fully saturated rings. The van der Waals surface area contributed by atoms with Gasteiger partial charge in [-0.15, -0.1) is 0 Å². The van der Waals surface area contributed by atoms with Crippen molar-refractivity contribution in [2.45, 2.75) is 24.5 Å². The Bertz CT molecular complexity index is 338. The van der Waals surface area contributed by atoms with Gasteiger partial charge in [-0.25, -0.2) is 8.99 Å². The number of thiol groups is 1. The lowest BCUT2D eigenvalue weighted by Crippen LogP contribution is -2.13. The second kappa shape index (κ2) is 2.91. The van der Waals surface area contributed by atoms with Gasteiger partial charge in [0.1, 0.15) is 0 Å². The minimum atomic E-state index is -2.20. The molecule has 0 aliphatic heterocycles. The van der Waals surface area contributed by atoms with Crippen molar-refractivity contribution in [3.05, 3.63) is 17.9 Å². The van der Waals surface area contributed by atoms with Gasteiger partial charge >= 0.3 is 0 Å². The Morgan fingerprint density at radius 1 is 1.67 bits per heavy atom. The Balaban J connectivity index is 3.08. The number of hydrogen-bond donors (Lipinski definition) is 3. The highest BCUT2D eigenvalue weighted by atomic mass is 32.2. The van der Waals surface area contributed by atoms with Gasteiger partial charge in [-0.2, -0.15) is 0 Å². The fourth-order valence-electron chi connectivity index (χ4n) is 0.752. The fourth-order valence-corrected chi connectivity index (χ4v) is 1.16. The van der Waals surface area contributed by atoms with Gasteiger partial charge in [0.2, 0.25) is 0 Å². The summed E-state index contributed by atoms with van der Waals surface area (Å²) in [4.78, 5) is 0. The summed E-state index contributed by atoms with van der Waals surface area (Å²) in [6.45, 7) is 3.19. The van der Waals surface area contributed by atoms with Gasteiger partial charge in [-0.05, 0) is 19.9 Å². The number of rotatable bonds is 2. The molecular weight excluding hydrogens is 178 g/mol. The van der Waals surface area contributed by atoms with Gasteiger partial charge in [-0.1, -0.05) is 0 Å². The lowest BCUT2D eigenvalue weighted by Gasteiger charge is -2.13. The van der Waals surface area contributed by atoms with E-state index in [1.165, 1.54) is 12.3 Å². The van der Waals surface area contributed by atoms with Crippen LogP contribution in [0.15, 0.2) is 21.8 Å². The van der Waals surface area contributed by atoms with Crippen molar-refractivity contribution in [2.24, 2.45) is 0 Å². The maximum absolute atomic E-state index is 10.6. The molecule has 0 bridgehead atoms. The third-order valence-corrected chi connectivity index (χ3v) is 2.13. The molecule has 0 amide bonds. The highest BCUT2D eigenvalue weighted by Gasteiger charge is 2.18. The molecule has 1 aromatic heterocycles. The van der Waals surface area contributed by atoms with Crippen molar-refractivity contribution in [1.82, 2.24) is 0 Å². The van der Waals surface area contributed by atoms with Crippen molar-refractivity contribution in [2.75, 3.05) is 0 Å². The van der Waals surface area contributed by atoms with E-state index in [4.69, 9.17) is 9.20 Å². The zero-order valence-corrected chi connectivity index (χ0v) is 7.76. The first-order valence-corrected chi connectivity index (χ1v) is 4.67. The number of furan rings is 1. The van der Waals surface area contributed by atoms with Crippen molar-refractivity contribution in [3.63, 3.8) is 0 Å². The SMILES string of the molecule is CC(C)(O)c1coc([SH](=N)=O)c1. The third-order valence-electron chi connectivity index (χ3n) is 1.49. The van der Waals surface area contributed by atoms with Crippen LogP contribution in [-0.4, -0.2) is 9.32 Å². The Hall–Kier alpha value is -0.810. The lowest BCUT2D eigenvalue weighted by molar-refractivity contribution is 0.0779. The molecule has 0 aliphatic carbocycles. The van der Waals surface area contributed by atoms with E-state index in [9.17, 15) is 9.32 Å². The predicted molar refractivity (Wildman–Crippen MR) is 44.5 cm³/mol. The molecule has 4 nitrogen and oxygen atoms in total. The maximum Gasteiger partial charge on any atom is 0.195 e. The van der Waals surface area contributed by atoms with Crippen LogP contribution in [-0.2, 0) is 16.2 Å². The van der Waals surface area contributed by atoms with Gasteiger partial charge in [0, 0.05) is 5.56 Å². The van der Waals surface area contributed by atoms with E-state index in [2.05, 4.69) is 0 Å². The molecule has 0 spiro atoms. The molecule has 0 saturated carbocycles. The summed E-state index contributed by atoms with van der Waals surface area (Å²) < 4.78 is 22.3. The smallest absolute Gasteiger partial charge is 0.195 e. The lowest BCUT2D eigenvalue weighted by atomic mass is 10.0. The summed E-state index contributed by atoms with van der Waals surface area (Å²) in [5.74, 6) is 0. The highest BCUT2D eigenvalue weighted by Crippen LogP contribution is 2.22. The maximum atomic E-state index is 10.6. The number of hydrogen-bond acceptors (Lipinski definition) is 4. The van der Waals surface area contributed by atoms with Crippen LogP contribution < -0.4 is 0 Å². The van der Waals surface area contributed by atoms with Crippen LogP contribution in [0.3, 0.4) is 0 Å². The summed E-state index contributed by atoms with van der Waals surface area (Å²) in [7, 11) is -2.20. The molecule has 0 saturated heterocycles. The van der Waals surface area contributed by atoms with Gasteiger partial charge in [0.25, 0.3) is 0 Å². The van der Waals surface area contributed by atoms with E-state index in [0.29, 0.717) is 5.56 Å². The van der Waals surface area contributed by atoms with Crippen LogP contribution in [0.2, 0.25) is 0 Å². The average Bonchev–Trinajstić information content (AvgIpc) is 2.30. The van der Waals surface area contributed by atoms with Crippen molar-refractivity contribution < 1.29 is 13.7 Å². The monoisotopic (exact) mass is 189 g/mol. The minimum Gasteiger partial charge on any atom is -0.455 e. The number of aliphatic hydroxyl groups is 1. The zero-order valence-electron chi connectivity index (χ0n) is 6.87. The first-order chi connectivity index (χ1) is 5.41. The molecule has 68 valence electrons. The molecule has 0 radical (unpaired) electrons. The van der Waals surface area contributed by atoms with Crippen molar-refractivity contribution >= 4 is 10.6 Å². The minimum absolute atomic E-state index is 0.0992. The predicted octanol–water partition coefficient (Wildman–Crippen LogP) is 1.11. The molecular formula is C7H11NO3S. The second-order valence-electron chi connectivity index (χ2n) is 3.03. The van der Waals surface area contributed by atoms with E-state index in [0.717, 1.165) is 0 Å². The Morgan fingerprint density at radius 2 is 2.25 bits per heavy atom. The standard InChI is InChI=1S/C7H11NO3S/c1-7(2,9)5-3-6(11-4-5)12(8)10/h3-4,8-9,12H,1-2H3. The molecule has 2 N–H and O–H groups in total. The van der Waals surface area contributed by atoms with Crippen molar-refractivity contribution in [1.29, 1.82) is 4.78 Å². The van der Waals surface area contributed by atoms with Gasteiger partial charge < -0.3 is 9.52 Å². The Labute approximate surface area is 72.2 Å². The summed E-state index contributed by atoms with van der Waals surface area (Å²) >= 11 is 0. The van der Waals surface area contributed by atoms with Crippen molar-refractivity contribution in [3.8, 4) is 0 Å². The van der Waals surface area contributed by atoms with Gasteiger partial charge in [-0.3, -0.25) is 0 Å². The molecule has 1 rings (SSSR count). The van der Waals surface area contributed by atoms with E-state index in [-0.39, 0.29) is 5.09 Å². The summed E-state index contributed by atoms with van der Waals surface area (Å²) in [5.41, 5.74) is -0.472.